The first-order chi connectivity index (χ1) is 16.5. The minimum Gasteiger partial charge on any atom is -0.480 e. The van der Waals surface area contributed by atoms with Gasteiger partial charge in [-0.15, -0.1) is 0 Å². The lowest BCUT2D eigenvalue weighted by Crippen LogP contribution is -2.50. The number of carboxylic acids is 3. The molecule has 0 radical (unpaired) electrons. The molecule has 0 spiro atoms. The molecule has 6 N–H and O–H groups in total. The molecule has 0 aliphatic rings. The van der Waals surface area contributed by atoms with Gasteiger partial charge in [0.15, 0.2) is 0 Å². The van der Waals surface area contributed by atoms with Crippen LogP contribution in [0.4, 0.5) is 0 Å². The van der Waals surface area contributed by atoms with Crippen LogP contribution in [0.15, 0.2) is 0 Å². The van der Waals surface area contributed by atoms with E-state index >= 15 is 0 Å². The maximum Gasteiger partial charge on any atom is 0.317 e. The van der Waals surface area contributed by atoms with Gasteiger partial charge < -0.3 is 26.0 Å². The highest BCUT2D eigenvalue weighted by Crippen LogP contribution is 1.98. The summed E-state index contributed by atoms with van der Waals surface area (Å²) in [6.45, 7) is 2.67. The van der Waals surface area contributed by atoms with Crippen molar-refractivity contribution in [2.75, 3.05) is 72.1 Å². The Morgan fingerprint density at radius 2 is 1.20 bits per heavy atom. The SMILES string of the molecule is CCNC(=O)[C@@H](CC)NC(=O)CN(CCN(CCN(CCOO)CC(=O)O)CC(=O)O)CC(=O)O. The first-order valence-electron chi connectivity index (χ1n) is 11.2. The molecule has 0 saturated carbocycles. The predicted molar refractivity (Wildman–Crippen MR) is 122 cm³/mol. The van der Waals surface area contributed by atoms with Gasteiger partial charge >= 0.3 is 17.9 Å². The molecular formula is C20H37N5O10. The van der Waals surface area contributed by atoms with Crippen LogP contribution in [0.5, 0.6) is 0 Å². The molecule has 0 bridgehead atoms. The number of rotatable bonds is 21. The van der Waals surface area contributed by atoms with Crippen molar-refractivity contribution in [1.29, 1.82) is 0 Å². The normalized spacial score (nSPS) is 12.1. The molecule has 0 saturated heterocycles. The van der Waals surface area contributed by atoms with Crippen LogP contribution >= 0.6 is 0 Å². The summed E-state index contributed by atoms with van der Waals surface area (Å²) in [6, 6.07) is -0.763. The molecule has 0 aromatic rings. The molecule has 0 aliphatic carbocycles. The molecular weight excluding hydrogens is 470 g/mol. The third kappa shape index (κ3) is 16.4. The zero-order valence-electron chi connectivity index (χ0n) is 20.1. The van der Waals surface area contributed by atoms with Gasteiger partial charge in [0.25, 0.3) is 0 Å². The van der Waals surface area contributed by atoms with E-state index in [0.717, 1.165) is 0 Å². The second kappa shape index (κ2) is 18.5. The number of nitrogens with one attached hydrogen (secondary N) is 2. The van der Waals surface area contributed by atoms with Gasteiger partial charge in [-0.05, 0) is 13.3 Å². The first-order valence-corrected chi connectivity index (χ1v) is 11.2. The maximum atomic E-state index is 12.4. The zero-order chi connectivity index (χ0) is 26.8. The topological polar surface area (TPSA) is 209 Å². The molecule has 35 heavy (non-hydrogen) atoms. The monoisotopic (exact) mass is 507 g/mol. The summed E-state index contributed by atoms with van der Waals surface area (Å²) in [5.41, 5.74) is 0. The van der Waals surface area contributed by atoms with E-state index in [1.807, 2.05) is 0 Å². The molecule has 0 fully saturated rings. The molecule has 0 rings (SSSR count). The van der Waals surface area contributed by atoms with Crippen molar-refractivity contribution < 1.29 is 49.4 Å². The van der Waals surface area contributed by atoms with Crippen molar-refractivity contribution in [2.24, 2.45) is 0 Å². The van der Waals surface area contributed by atoms with Crippen LogP contribution in [-0.4, -0.2) is 143 Å². The number of carboxylic acid groups (broad SMARTS) is 3. The third-order valence-electron chi connectivity index (χ3n) is 4.82. The molecule has 15 nitrogen and oxygen atoms in total. The molecule has 15 heteroatoms. The minimum absolute atomic E-state index is 0.0314. The number of carbonyl (C=O) groups excluding carboxylic acids is 2. The smallest absolute Gasteiger partial charge is 0.317 e. The summed E-state index contributed by atoms with van der Waals surface area (Å²) in [5, 5.41) is 41.1. The van der Waals surface area contributed by atoms with Crippen molar-refractivity contribution in [2.45, 2.75) is 26.3 Å². The molecule has 202 valence electrons. The van der Waals surface area contributed by atoms with Gasteiger partial charge in [-0.25, -0.2) is 4.89 Å². The van der Waals surface area contributed by atoms with Crippen LogP contribution in [-0.2, 0) is 28.9 Å². The highest BCUT2D eigenvalue weighted by Gasteiger charge is 2.22. The number of carbonyl (C=O) groups is 5. The van der Waals surface area contributed by atoms with Crippen LogP contribution in [0, 0.1) is 0 Å². The van der Waals surface area contributed by atoms with Gasteiger partial charge in [0, 0.05) is 39.3 Å². The van der Waals surface area contributed by atoms with Crippen LogP contribution in [0.3, 0.4) is 0 Å². The number of hydrogen-bond acceptors (Lipinski definition) is 10. The Bertz CT molecular complexity index is 693. The zero-order valence-corrected chi connectivity index (χ0v) is 20.1. The molecule has 0 aromatic heterocycles. The lowest BCUT2D eigenvalue weighted by molar-refractivity contribution is -0.244. The molecule has 0 heterocycles. The third-order valence-corrected chi connectivity index (χ3v) is 4.82. The van der Waals surface area contributed by atoms with Gasteiger partial charge in [-0.3, -0.25) is 43.9 Å². The summed E-state index contributed by atoms with van der Waals surface area (Å²) < 4.78 is 0. The van der Waals surface area contributed by atoms with Crippen molar-refractivity contribution in [1.82, 2.24) is 25.3 Å². The van der Waals surface area contributed by atoms with Crippen LogP contribution in [0.2, 0.25) is 0 Å². The number of amides is 2. The van der Waals surface area contributed by atoms with E-state index in [0.29, 0.717) is 13.0 Å². The fraction of sp³-hybridized carbons (Fsp3) is 0.750. The fourth-order valence-corrected chi connectivity index (χ4v) is 3.16. The van der Waals surface area contributed by atoms with Crippen molar-refractivity contribution in [3.05, 3.63) is 0 Å². The standard InChI is InChI=1S/C20H37N5O10/c1-3-15(20(33)21-4-2)22-16(26)11-25(14-19(31)32)8-7-23(12-17(27)28)5-6-24(9-10-35-34)13-18(29)30/h15,34H,3-14H2,1-2H3,(H,21,33)(H,22,26)(H,27,28)(H,29,30)(H,31,32)/t15-/m1/s1. The van der Waals surface area contributed by atoms with E-state index in [9.17, 15) is 34.2 Å². The van der Waals surface area contributed by atoms with Crippen molar-refractivity contribution in [3.8, 4) is 0 Å². The van der Waals surface area contributed by atoms with Crippen molar-refractivity contribution >= 4 is 29.7 Å². The summed E-state index contributed by atoms with van der Waals surface area (Å²) in [7, 11) is 0. The van der Waals surface area contributed by atoms with E-state index in [-0.39, 0.29) is 64.9 Å². The summed E-state index contributed by atoms with van der Waals surface area (Å²) in [4.78, 5) is 66.2. The van der Waals surface area contributed by atoms with Gasteiger partial charge in [0.1, 0.15) is 6.04 Å². The van der Waals surface area contributed by atoms with E-state index in [1.54, 1.807) is 13.8 Å². The first kappa shape index (κ1) is 32.1. The second-order valence-electron chi connectivity index (χ2n) is 7.70. The quantitative estimate of drug-likeness (QED) is 0.0712. The summed E-state index contributed by atoms with van der Waals surface area (Å²) >= 11 is 0. The Kier molecular flexibility index (Phi) is 17.0. The Labute approximate surface area is 203 Å². The Hall–Kier alpha value is -2.85. The number of likely N-dealkylation sites (N-methyl/N-ethyl adjacent to an activating group) is 1. The average Bonchev–Trinajstić information content (AvgIpc) is 2.76. The highest BCUT2D eigenvalue weighted by atomic mass is 17.1. The average molecular weight is 508 g/mol. The van der Waals surface area contributed by atoms with E-state index < -0.39 is 36.4 Å². The number of nitrogens with zero attached hydrogens (tertiary/aromatic N) is 3. The van der Waals surface area contributed by atoms with Crippen LogP contribution in [0.1, 0.15) is 20.3 Å². The fourth-order valence-electron chi connectivity index (χ4n) is 3.16. The van der Waals surface area contributed by atoms with E-state index in [4.69, 9.17) is 10.4 Å². The van der Waals surface area contributed by atoms with Gasteiger partial charge in [-0.1, -0.05) is 6.92 Å². The van der Waals surface area contributed by atoms with Crippen LogP contribution < -0.4 is 10.6 Å². The van der Waals surface area contributed by atoms with E-state index in [1.165, 1.54) is 14.7 Å². The molecule has 0 unspecified atom stereocenters. The molecule has 0 aromatic carbocycles. The lowest BCUT2D eigenvalue weighted by Gasteiger charge is -2.28. The predicted octanol–water partition coefficient (Wildman–Crippen LogP) is -2.33. The Morgan fingerprint density at radius 3 is 1.63 bits per heavy atom. The minimum atomic E-state index is -1.19. The number of aliphatic carboxylic acids is 3. The van der Waals surface area contributed by atoms with Gasteiger partial charge in [0.2, 0.25) is 11.8 Å². The second-order valence-corrected chi connectivity index (χ2v) is 7.70. The largest absolute Gasteiger partial charge is 0.480 e. The van der Waals surface area contributed by atoms with Gasteiger partial charge in [-0.2, -0.15) is 0 Å². The maximum absolute atomic E-state index is 12.4. The molecule has 0 aliphatic heterocycles. The highest BCUT2D eigenvalue weighted by molar-refractivity contribution is 5.88. The molecule has 2 amide bonds. The van der Waals surface area contributed by atoms with Crippen LogP contribution in [0.25, 0.3) is 0 Å². The Balaban J connectivity index is 5.11. The molecule has 1 atom stereocenters. The van der Waals surface area contributed by atoms with Crippen molar-refractivity contribution in [3.63, 3.8) is 0 Å². The lowest BCUT2D eigenvalue weighted by atomic mass is 10.2. The number of hydrogen-bond donors (Lipinski definition) is 6. The Morgan fingerprint density at radius 1 is 0.743 bits per heavy atom. The summed E-state index contributed by atoms with van der Waals surface area (Å²) in [6.07, 6.45) is 0.344. The van der Waals surface area contributed by atoms with E-state index in [2.05, 4.69) is 15.5 Å². The summed E-state index contributed by atoms with van der Waals surface area (Å²) in [5.74, 6) is -4.33. The van der Waals surface area contributed by atoms with Gasteiger partial charge in [0.05, 0.1) is 32.8 Å².